The van der Waals surface area contributed by atoms with E-state index in [0.717, 1.165) is 55.3 Å². The van der Waals surface area contributed by atoms with Crippen molar-refractivity contribution in [2.75, 3.05) is 0 Å². The highest BCUT2D eigenvalue weighted by molar-refractivity contribution is 6.17. The summed E-state index contributed by atoms with van der Waals surface area (Å²) in [6, 6.07) is 85.5. The normalized spacial score (nSPS) is 13.0. The lowest BCUT2D eigenvalue weighted by Crippen LogP contribution is -2.25. The summed E-state index contributed by atoms with van der Waals surface area (Å²) in [5, 5.41) is 4.69. The molecule has 2 aliphatic carbocycles. The predicted octanol–water partition coefficient (Wildman–Crippen LogP) is 15.4. The van der Waals surface area contributed by atoms with Gasteiger partial charge in [0.2, 0.25) is 5.95 Å². The summed E-state index contributed by atoms with van der Waals surface area (Å²) in [7, 11) is 0. The van der Waals surface area contributed by atoms with E-state index in [0.29, 0.717) is 17.6 Å². The van der Waals surface area contributed by atoms with Crippen LogP contribution in [0.3, 0.4) is 0 Å². The molecule has 5 heteroatoms. The van der Waals surface area contributed by atoms with Gasteiger partial charge >= 0.3 is 0 Å². The van der Waals surface area contributed by atoms with Crippen molar-refractivity contribution >= 4 is 43.6 Å². The van der Waals surface area contributed by atoms with Gasteiger partial charge in [0.15, 0.2) is 11.6 Å². The van der Waals surface area contributed by atoms with E-state index >= 15 is 0 Å². The van der Waals surface area contributed by atoms with E-state index in [1.807, 2.05) is 6.07 Å². The van der Waals surface area contributed by atoms with Crippen molar-refractivity contribution in [1.82, 2.24) is 24.1 Å². The van der Waals surface area contributed by atoms with Crippen molar-refractivity contribution < 1.29 is 0 Å². The van der Waals surface area contributed by atoms with Crippen LogP contribution in [-0.2, 0) is 5.41 Å². The fourth-order valence-corrected chi connectivity index (χ4v) is 12.0. The van der Waals surface area contributed by atoms with Gasteiger partial charge in [-0.3, -0.25) is 4.57 Å². The van der Waals surface area contributed by atoms with Crippen LogP contribution in [0.1, 0.15) is 22.3 Å². The van der Waals surface area contributed by atoms with Crippen molar-refractivity contribution in [3.63, 3.8) is 0 Å². The molecule has 5 nitrogen and oxygen atoms in total. The highest BCUT2D eigenvalue weighted by Crippen LogP contribution is 2.64. The Morgan fingerprint density at radius 3 is 1.41 bits per heavy atom. The van der Waals surface area contributed by atoms with E-state index in [1.54, 1.807) is 0 Å². The fraction of sp³-hybridized carbons (Fsp3) is 0.0156. The van der Waals surface area contributed by atoms with Gasteiger partial charge in [-0.15, -0.1) is 0 Å². The highest BCUT2D eigenvalue weighted by atomic mass is 15.2. The third kappa shape index (κ3) is 5.21. The average Bonchev–Trinajstić information content (AvgIpc) is 4.13. The summed E-state index contributed by atoms with van der Waals surface area (Å²) in [5.74, 6) is 1.75. The first-order chi connectivity index (χ1) is 34.3. The summed E-state index contributed by atoms with van der Waals surface area (Å²) in [6.07, 6.45) is 0. The van der Waals surface area contributed by atoms with E-state index in [1.165, 1.54) is 60.8 Å². The lowest BCUT2D eigenvalue weighted by molar-refractivity contribution is 0.794. The minimum Gasteiger partial charge on any atom is -0.308 e. The summed E-state index contributed by atoms with van der Waals surface area (Å²) >= 11 is 0. The molecule has 0 atom stereocenters. The Kier molecular flexibility index (Phi) is 7.93. The molecule has 0 radical (unpaired) electrons. The van der Waals surface area contributed by atoms with Gasteiger partial charge in [0.25, 0.3) is 0 Å². The molecule has 0 N–H and O–H groups in total. The van der Waals surface area contributed by atoms with E-state index in [4.69, 9.17) is 15.0 Å². The second-order valence-electron chi connectivity index (χ2n) is 18.2. The smallest absolute Gasteiger partial charge is 0.238 e. The topological polar surface area (TPSA) is 48.5 Å². The van der Waals surface area contributed by atoms with Gasteiger partial charge in [0.05, 0.1) is 33.2 Å². The molecule has 0 amide bonds. The zero-order valence-corrected chi connectivity index (χ0v) is 37.3. The average molecular weight is 878 g/mol. The van der Waals surface area contributed by atoms with Gasteiger partial charge in [-0.25, -0.2) is 4.98 Å². The molecule has 3 aromatic heterocycles. The molecule has 2 aliphatic rings. The third-order valence-corrected chi connectivity index (χ3v) is 14.8. The van der Waals surface area contributed by atoms with Crippen LogP contribution in [0.15, 0.2) is 237 Å². The molecule has 13 aromatic rings. The summed E-state index contributed by atoms with van der Waals surface area (Å²) in [4.78, 5) is 16.3. The van der Waals surface area contributed by atoms with Gasteiger partial charge in [-0.2, -0.15) is 9.97 Å². The molecule has 15 rings (SSSR count). The first-order valence-electron chi connectivity index (χ1n) is 23.6. The monoisotopic (exact) mass is 877 g/mol. The number of hydrogen-bond acceptors (Lipinski definition) is 3. The van der Waals surface area contributed by atoms with Crippen molar-refractivity contribution in [2.45, 2.75) is 5.41 Å². The standard InChI is InChI=1S/C64H39N5/c1-2-18-40(19-3-1)41-34-36-42(37-35-41)61-65-62(67-63(66-61)69-56-31-15-7-22-45(56)46-23-8-16-32-57(46)69)50-26-10-17-33-58(50)68-55-30-14-9-24-47(55)48-38-39-54-59(60(48)68)49-25-6-13-29-53(49)64(54)51-27-11-4-20-43(51)44-21-5-12-28-52(44)64/h1-39H. The summed E-state index contributed by atoms with van der Waals surface area (Å²) in [5.41, 5.74) is 19.3. The van der Waals surface area contributed by atoms with Crippen LogP contribution in [0.4, 0.5) is 0 Å². The van der Waals surface area contributed by atoms with Crippen LogP contribution < -0.4 is 0 Å². The predicted molar refractivity (Wildman–Crippen MR) is 281 cm³/mol. The van der Waals surface area contributed by atoms with Crippen molar-refractivity contribution in [2.24, 2.45) is 0 Å². The molecular formula is C64H39N5. The molecule has 1 spiro atoms. The third-order valence-electron chi connectivity index (χ3n) is 14.8. The van der Waals surface area contributed by atoms with E-state index < -0.39 is 5.41 Å². The van der Waals surface area contributed by atoms with Crippen LogP contribution in [0.25, 0.3) is 111 Å². The van der Waals surface area contributed by atoms with Crippen molar-refractivity contribution in [1.29, 1.82) is 0 Å². The number of aromatic nitrogens is 5. The number of hydrogen-bond donors (Lipinski definition) is 0. The Hall–Kier alpha value is -9.19. The lowest BCUT2D eigenvalue weighted by atomic mass is 9.70. The maximum atomic E-state index is 5.51. The number of rotatable bonds is 5. The van der Waals surface area contributed by atoms with Crippen LogP contribution in [0.2, 0.25) is 0 Å². The Morgan fingerprint density at radius 2 is 0.754 bits per heavy atom. The molecule has 69 heavy (non-hydrogen) atoms. The van der Waals surface area contributed by atoms with E-state index in [-0.39, 0.29) is 0 Å². The van der Waals surface area contributed by atoms with Crippen molar-refractivity contribution in [3.8, 4) is 67.8 Å². The van der Waals surface area contributed by atoms with Crippen molar-refractivity contribution in [3.05, 3.63) is 259 Å². The Bertz CT molecular complexity index is 4160. The van der Waals surface area contributed by atoms with Gasteiger partial charge in [0, 0.05) is 38.2 Å². The highest BCUT2D eigenvalue weighted by Gasteiger charge is 2.52. The maximum absolute atomic E-state index is 5.51. The summed E-state index contributed by atoms with van der Waals surface area (Å²) in [6.45, 7) is 0. The molecule has 0 unspecified atom stereocenters. The Morgan fingerprint density at radius 1 is 0.290 bits per heavy atom. The molecular weight excluding hydrogens is 839 g/mol. The minimum absolute atomic E-state index is 0.482. The molecule has 320 valence electrons. The molecule has 0 saturated heterocycles. The molecule has 0 bridgehead atoms. The first kappa shape index (κ1) is 38.0. The molecule has 10 aromatic carbocycles. The van der Waals surface area contributed by atoms with Gasteiger partial charge in [0.1, 0.15) is 0 Å². The van der Waals surface area contributed by atoms with Crippen LogP contribution >= 0.6 is 0 Å². The van der Waals surface area contributed by atoms with Gasteiger partial charge in [-0.05, 0) is 80.4 Å². The lowest BCUT2D eigenvalue weighted by Gasteiger charge is -2.30. The molecule has 0 fully saturated rings. The SMILES string of the molecule is c1ccc(-c2ccc(-c3nc(-c4ccccc4-n4c5ccccc5c5ccc6c(c54)-c4ccccc4C64c5ccccc5-c5ccccc54)nc(-n4c5ccccc5c5ccccc54)n3)cc2)cc1. The number of nitrogens with zero attached hydrogens (tertiary/aromatic N) is 5. The number of fused-ring (bicyclic) bond motifs is 17. The van der Waals surface area contributed by atoms with E-state index in [2.05, 4.69) is 240 Å². The zero-order chi connectivity index (χ0) is 45.2. The van der Waals surface area contributed by atoms with Crippen LogP contribution in [0, 0.1) is 0 Å². The number of para-hydroxylation sites is 4. The minimum atomic E-state index is -0.482. The fourth-order valence-electron chi connectivity index (χ4n) is 12.0. The Balaban J connectivity index is 1.02. The number of benzene rings is 10. The maximum Gasteiger partial charge on any atom is 0.238 e. The molecule has 0 saturated carbocycles. The first-order valence-corrected chi connectivity index (χ1v) is 23.6. The Labute approximate surface area is 397 Å². The molecule has 3 heterocycles. The molecule has 0 aliphatic heterocycles. The quantitative estimate of drug-likeness (QED) is 0.173. The van der Waals surface area contributed by atoms with Crippen LogP contribution in [-0.4, -0.2) is 24.1 Å². The largest absolute Gasteiger partial charge is 0.308 e. The second-order valence-corrected chi connectivity index (χ2v) is 18.2. The van der Waals surface area contributed by atoms with E-state index in [9.17, 15) is 0 Å². The second kappa shape index (κ2) is 14.4. The summed E-state index contributed by atoms with van der Waals surface area (Å²) < 4.78 is 4.68. The van der Waals surface area contributed by atoms with Crippen LogP contribution in [0.5, 0.6) is 0 Å². The van der Waals surface area contributed by atoms with Gasteiger partial charge in [-0.1, -0.05) is 206 Å². The zero-order valence-electron chi connectivity index (χ0n) is 37.3. The van der Waals surface area contributed by atoms with Gasteiger partial charge < -0.3 is 4.57 Å².